The SMILES string of the molecule is C=C(C)C1=C(C)C[C@@]2(C)C[C@@]3(C)Cc4c(-c5ccc(CC(C)C)c6ccccc56)ccc(C)c4C(=C)C3=C(C)[C@@]2(C)C1=C. The summed E-state index contributed by atoms with van der Waals surface area (Å²) in [4.78, 5) is 0. The first-order valence-electron chi connectivity index (χ1n) is 16.2. The molecule has 0 saturated heterocycles. The normalized spacial score (nSPS) is 27.0. The van der Waals surface area contributed by atoms with Crippen molar-refractivity contribution in [2.45, 2.75) is 88.0 Å². The van der Waals surface area contributed by atoms with Gasteiger partial charge in [0, 0.05) is 5.41 Å². The van der Waals surface area contributed by atoms with E-state index in [1.807, 2.05) is 0 Å². The first-order chi connectivity index (χ1) is 20.1. The molecule has 3 aliphatic rings. The Morgan fingerprint density at radius 1 is 0.860 bits per heavy atom. The van der Waals surface area contributed by atoms with Crippen molar-refractivity contribution in [3.05, 3.63) is 124 Å². The molecule has 0 heteroatoms. The van der Waals surface area contributed by atoms with Gasteiger partial charge in [-0.25, -0.2) is 0 Å². The molecule has 222 valence electrons. The van der Waals surface area contributed by atoms with E-state index in [1.165, 1.54) is 77.6 Å². The molecule has 6 rings (SSSR count). The van der Waals surface area contributed by atoms with E-state index in [-0.39, 0.29) is 16.2 Å². The van der Waals surface area contributed by atoms with Crippen molar-refractivity contribution >= 4 is 16.3 Å². The minimum atomic E-state index is -0.135. The minimum Gasteiger partial charge on any atom is -0.0955 e. The maximum absolute atomic E-state index is 4.91. The first kappa shape index (κ1) is 29.7. The van der Waals surface area contributed by atoms with Gasteiger partial charge in [-0.1, -0.05) is 120 Å². The number of benzene rings is 3. The number of aryl methyl sites for hydroxylation is 1. The van der Waals surface area contributed by atoms with E-state index in [2.05, 4.69) is 117 Å². The molecule has 0 fully saturated rings. The molecule has 0 unspecified atom stereocenters. The van der Waals surface area contributed by atoms with Crippen LogP contribution in [-0.2, 0) is 12.8 Å². The number of hydrogen-bond acceptors (Lipinski definition) is 0. The molecular weight excluding hydrogens is 516 g/mol. The summed E-state index contributed by atoms with van der Waals surface area (Å²) >= 11 is 0. The van der Waals surface area contributed by atoms with E-state index in [4.69, 9.17) is 13.2 Å². The molecule has 0 saturated carbocycles. The molecule has 0 amide bonds. The van der Waals surface area contributed by atoms with E-state index >= 15 is 0 Å². The third kappa shape index (κ3) is 4.08. The highest BCUT2D eigenvalue weighted by Crippen LogP contribution is 2.70. The third-order valence-corrected chi connectivity index (χ3v) is 11.8. The van der Waals surface area contributed by atoms with Crippen LogP contribution in [0.15, 0.2) is 102 Å². The molecule has 0 radical (unpaired) electrons. The van der Waals surface area contributed by atoms with Crippen molar-refractivity contribution in [1.29, 1.82) is 0 Å². The van der Waals surface area contributed by atoms with Crippen LogP contribution in [0.1, 0.15) is 90.5 Å². The molecule has 3 aromatic rings. The molecule has 0 nitrogen and oxygen atoms in total. The highest BCUT2D eigenvalue weighted by molar-refractivity contribution is 6.01. The fraction of sp³-hybridized carbons (Fsp3) is 0.395. The second-order valence-electron chi connectivity index (χ2n) is 15.4. The van der Waals surface area contributed by atoms with Gasteiger partial charge in [-0.3, -0.25) is 0 Å². The number of allylic oxidation sites excluding steroid dienone is 7. The van der Waals surface area contributed by atoms with Gasteiger partial charge in [0.05, 0.1) is 0 Å². The largest absolute Gasteiger partial charge is 0.0955 e. The second-order valence-corrected chi connectivity index (χ2v) is 15.4. The summed E-state index contributed by atoms with van der Waals surface area (Å²) in [6.45, 7) is 35.3. The molecule has 0 bridgehead atoms. The first-order valence-corrected chi connectivity index (χ1v) is 16.2. The molecule has 0 spiro atoms. The molecule has 3 atom stereocenters. The van der Waals surface area contributed by atoms with Crippen molar-refractivity contribution < 1.29 is 0 Å². The maximum Gasteiger partial charge on any atom is 0.0194 e. The van der Waals surface area contributed by atoms with Gasteiger partial charge in [0.2, 0.25) is 0 Å². The summed E-state index contributed by atoms with van der Waals surface area (Å²) in [6, 6.07) is 18.5. The molecule has 0 aliphatic heterocycles. The van der Waals surface area contributed by atoms with E-state index in [9.17, 15) is 0 Å². The zero-order valence-corrected chi connectivity index (χ0v) is 28.1. The van der Waals surface area contributed by atoms with Crippen LogP contribution < -0.4 is 0 Å². The number of rotatable bonds is 4. The quantitative estimate of drug-likeness (QED) is 0.295. The lowest BCUT2D eigenvalue weighted by atomic mass is 9.41. The summed E-state index contributed by atoms with van der Waals surface area (Å²) in [7, 11) is 0. The summed E-state index contributed by atoms with van der Waals surface area (Å²) in [5.41, 5.74) is 17.5. The maximum atomic E-state index is 4.91. The lowest BCUT2D eigenvalue weighted by Gasteiger charge is -2.62. The summed E-state index contributed by atoms with van der Waals surface area (Å²) in [5.74, 6) is 0.622. The van der Waals surface area contributed by atoms with Crippen LogP contribution in [-0.4, -0.2) is 0 Å². The Balaban J connectivity index is 1.58. The van der Waals surface area contributed by atoms with Crippen LogP contribution in [0.25, 0.3) is 27.5 Å². The smallest absolute Gasteiger partial charge is 0.0194 e. The summed E-state index contributed by atoms with van der Waals surface area (Å²) in [6.07, 6.45) is 4.32. The molecule has 3 aromatic carbocycles. The van der Waals surface area contributed by atoms with Crippen LogP contribution in [0, 0.1) is 29.1 Å². The highest BCUT2D eigenvalue weighted by atomic mass is 14.6. The van der Waals surface area contributed by atoms with E-state index in [0.717, 1.165) is 31.3 Å². The zero-order chi connectivity index (χ0) is 31.2. The van der Waals surface area contributed by atoms with Crippen LogP contribution in [0.3, 0.4) is 0 Å². The van der Waals surface area contributed by atoms with E-state index in [1.54, 1.807) is 0 Å². The van der Waals surface area contributed by atoms with Gasteiger partial charge in [0.25, 0.3) is 0 Å². The zero-order valence-electron chi connectivity index (χ0n) is 28.1. The van der Waals surface area contributed by atoms with Crippen molar-refractivity contribution in [2.24, 2.45) is 22.2 Å². The van der Waals surface area contributed by atoms with Gasteiger partial charge in [-0.15, -0.1) is 0 Å². The van der Waals surface area contributed by atoms with Crippen molar-refractivity contribution in [3.8, 4) is 11.1 Å². The summed E-state index contributed by atoms with van der Waals surface area (Å²) < 4.78 is 0. The summed E-state index contributed by atoms with van der Waals surface area (Å²) in [5, 5.41) is 2.75. The standard InChI is InChI=1S/C43H50/c1-25(2)21-32-18-20-35(34-16-14-13-15-33(32)34)36-19-17-27(5)39-29(7)40-31(9)43(12)30(8)38(26(3)4)28(6)22-42(43,11)24-41(40,10)23-37(36)39/h13-20,25H,3,7-8,21-24H2,1-2,4-6,9-12H3/t41-,42+,43-/m1/s1. The van der Waals surface area contributed by atoms with E-state index in [0.29, 0.717) is 5.92 Å². The molecule has 43 heavy (non-hydrogen) atoms. The van der Waals surface area contributed by atoms with Gasteiger partial charge < -0.3 is 0 Å². The lowest BCUT2D eigenvalue weighted by molar-refractivity contribution is 0.0544. The monoisotopic (exact) mass is 566 g/mol. The lowest BCUT2D eigenvalue weighted by Crippen LogP contribution is -2.52. The Labute approximate surface area is 261 Å². The van der Waals surface area contributed by atoms with Gasteiger partial charge in [-0.05, 0) is 137 Å². The van der Waals surface area contributed by atoms with Gasteiger partial charge in [-0.2, -0.15) is 0 Å². The van der Waals surface area contributed by atoms with Gasteiger partial charge >= 0.3 is 0 Å². The second kappa shape index (κ2) is 9.82. The van der Waals surface area contributed by atoms with Crippen LogP contribution in [0.5, 0.6) is 0 Å². The van der Waals surface area contributed by atoms with Crippen molar-refractivity contribution in [3.63, 3.8) is 0 Å². The van der Waals surface area contributed by atoms with Crippen LogP contribution in [0.4, 0.5) is 0 Å². The Hall–Kier alpha value is -3.38. The Morgan fingerprint density at radius 2 is 1.51 bits per heavy atom. The van der Waals surface area contributed by atoms with Gasteiger partial charge in [0.1, 0.15) is 0 Å². The van der Waals surface area contributed by atoms with Crippen LogP contribution in [0.2, 0.25) is 0 Å². The van der Waals surface area contributed by atoms with Crippen LogP contribution >= 0.6 is 0 Å². The highest BCUT2D eigenvalue weighted by Gasteiger charge is 2.59. The molecule has 3 aliphatic carbocycles. The predicted octanol–water partition coefficient (Wildman–Crippen LogP) is 12.2. The molecule has 0 aromatic heterocycles. The Bertz CT molecular complexity index is 1820. The molecule has 0 N–H and O–H groups in total. The Kier molecular flexibility index (Phi) is 6.78. The average molecular weight is 567 g/mol. The topological polar surface area (TPSA) is 0 Å². The number of fused-ring (bicyclic) bond motifs is 4. The van der Waals surface area contributed by atoms with Gasteiger partial charge in [0.15, 0.2) is 0 Å². The molecule has 0 heterocycles. The van der Waals surface area contributed by atoms with Crippen molar-refractivity contribution in [2.75, 3.05) is 0 Å². The third-order valence-electron chi connectivity index (χ3n) is 11.8. The number of hydrogen-bond donors (Lipinski definition) is 0. The fourth-order valence-corrected chi connectivity index (χ4v) is 10.0. The average Bonchev–Trinajstić information content (AvgIpc) is 2.91. The van der Waals surface area contributed by atoms with Crippen molar-refractivity contribution in [1.82, 2.24) is 0 Å². The fourth-order valence-electron chi connectivity index (χ4n) is 10.0. The Morgan fingerprint density at radius 3 is 2.16 bits per heavy atom. The van der Waals surface area contributed by atoms with E-state index < -0.39 is 0 Å². The molecular formula is C43H50. The predicted molar refractivity (Wildman–Crippen MR) is 188 cm³/mol. The minimum absolute atomic E-state index is 0.000353.